The van der Waals surface area contributed by atoms with E-state index in [9.17, 15) is 29.7 Å². The van der Waals surface area contributed by atoms with Gasteiger partial charge in [0.1, 0.15) is 22.4 Å². The second-order valence-corrected chi connectivity index (χ2v) is 3.91. The number of phenols is 2. The Morgan fingerprint density at radius 2 is 1.81 bits per heavy atom. The van der Waals surface area contributed by atoms with Crippen LogP contribution in [-0.2, 0) is 4.74 Å². The van der Waals surface area contributed by atoms with E-state index >= 15 is 0 Å². The fourth-order valence-corrected chi connectivity index (χ4v) is 1.80. The number of carbonyl (C=O) groups is 2. The minimum absolute atomic E-state index is 0.452. The molecule has 1 heterocycles. The standard InChI is InChI=1S/C12H8O9/c1-20-12(19)9-7(14)3-2-4(13)6(10(16)17)8(15)5(3)11(18)21-9/h2,13-15H,1H3,(H,16,17). The first kappa shape index (κ1) is 14.2. The van der Waals surface area contributed by atoms with E-state index in [1.54, 1.807) is 0 Å². The second-order valence-electron chi connectivity index (χ2n) is 3.91. The van der Waals surface area contributed by atoms with Gasteiger partial charge in [-0.25, -0.2) is 14.4 Å². The number of rotatable bonds is 2. The number of esters is 1. The van der Waals surface area contributed by atoms with Crippen molar-refractivity contribution in [3.8, 4) is 17.2 Å². The SMILES string of the molecule is COC(=O)c1oc(=O)c2c(O)c(C(=O)O)c(O)cc2c1O. The van der Waals surface area contributed by atoms with Gasteiger partial charge in [0.25, 0.3) is 5.76 Å². The van der Waals surface area contributed by atoms with E-state index in [-0.39, 0.29) is 0 Å². The van der Waals surface area contributed by atoms with E-state index in [0.717, 1.165) is 13.2 Å². The Morgan fingerprint density at radius 1 is 1.19 bits per heavy atom. The Kier molecular flexibility index (Phi) is 3.18. The average molecular weight is 296 g/mol. The number of benzene rings is 1. The number of hydrogen-bond donors (Lipinski definition) is 4. The average Bonchev–Trinajstić information content (AvgIpc) is 2.40. The molecule has 0 aliphatic carbocycles. The summed E-state index contributed by atoms with van der Waals surface area (Å²) in [6.07, 6.45) is 0. The summed E-state index contributed by atoms with van der Waals surface area (Å²) in [7, 11) is 0.981. The molecule has 2 rings (SSSR count). The molecular formula is C12H8O9. The minimum atomic E-state index is -1.69. The molecule has 0 radical (unpaired) electrons. The highest BCUT2D eigenvalue weighted by Gasteiger charge is 2.27. The van der Waals surface area contributed by atoms with Crippen molar-refractivity contribution in [3.63, 3.8) is 0 Å². The fourth-order valence-electron chi connectivity index (χ4n) is 1.80. The van der Waals surface area contributed by atoms with Crippen molar-refractivity contribution < 1.29 is 39.2 Å². The maximum absolute atomic E-state index is 11.8. The summed E-state index contributed by atoms with van der Waals surface area (Å²) in [6, 6.07) is 0.719. The Bertz CT molecular complexity index is 831. The number of fused-ring (bicyclic) bond motifs is 1. The van der Waals surface area contributed by atoms with Gasteiger partial charge in [-0.15, -0.1) is 0 Å². The maximum Gasteiger partial charge on any atom is 0.378 e. The Hall–Kier alpha value is -3.23. The molecule has 0 unspecified atom stereocenters. The fraction of sp³-hybridized carbons (Fsp3) is 0.0833. The highest BCUT2D eigenvalue weighted by Crippen LogP contribution is 2.38. The van der Waals surface area contributed by atoms with E-state index < -0.39 is 56.9 Å². The van der Waals surface area contributed by atoms with Crippen LogP contribution in [-0.4, -0.2) is 39.5 Å². The van der Waals surface area contributed by atoms with E-state index in [2.05, 4.69) is 9.15 Å². The van der Waals surface area contributed by atoms with Crippen molar-refractivity contribution in [1.82, 2.24) is 0 Å². The van der Waals surface area contributed by atoms with E-state index in [1.807, 2.05) is 0 Å². The normalized spacial score (nSPS) is 10.5. The lowest BCUT2D eigenvalue weighted by molar-refractivity contribution is 0.0554. The van der Waals surface area contributed by atoms with Crippen LogP contribution in [0.4, 0.5) is 0 Å². The first-order valence-electron chi connectivity index (χ1n) is 5.35. The largest absolute Gasteiger partial charge is 0.507 e. The Balaban J connectivity index is 3.00. The van der Waals surface area contributed by atoms with Gasteiger partial charge in [0, 0.05) is 5.39 Å². The number of carboxylic acids is 1. The van der Waals surface area contributed by atoms with Crippen molar-refractivity contribution >= 4 is 22.7 Å². The number of aromatic hydroxyl groups is 3. The van der Waals surface area contributed by atoms with Crippen molar-refractivity contribution in [2.45, 2.75) is 0 Å². The molecule has 4 N–H and O–H groups in total. The van der Waals surface area contributed by atoms with Gasteiger partial charge in [-0.1, -0.05) is 0 Å². The zero-order valence-electron chi connectivity index (χ0n) is 10.4. The Morgan fingerprint density at radius 3 is 2.33 bits per heavy atom. The molecule has 0 aliphatic rings. The summed E-state index contributed by atoms with van der Waals surface area (Å²) >= 11 is 0. The summed E-state index contributed by atoms with van der Waals surface area (Å²) in [5.41, 5.74) is -2.21. The van der Waals surface area contributed by atoms with Gasteiger partial charge in [0.2, 0.25) is 0 Å². The van der Waals surface area contributed by atoms with Crippen molar-refractivity contribution in [2.75, 3.05) is 7.11 Å². The molecule has 9 nitrogen and oxygen atoms in total. The molecule has 0 amide bonds. The van der Waals surface area contributed by atoms with Crippen molar-refractivity contribution in [2.24, 2.45) is 0 Å². The summed E-state index contributed by atoms with van der Waals surface area (Å²) in [5, 5.41) is 36.9. The lowest BCUT2D eigenvalue weighted by atomic mass is 10.0. The third-order valence-corrected chi connectivity index (χ3v) is 2.73. The van der Waals surface area contributed by atoms with Gasteiger partial charge in [-0.2, -0.15) is 0 Å². The van der Waals surface area contributed by atoms with Crippen LogP contribution in [0.25, 0.3) is 10.8 Å². The van der Waals surface area contributed by atoms with Crippen LogP contribution in [0.3, 0.4) is 0 Å². The number of ether oxygens (including phenoxy) is 1. The summed E-state index contributed by atoms with van der Waals surface area (Å²) in [6.45, 7) is 0. The number of hydrogen-bond acceptors (Lipinski definition) is 8. The van der Waals surface area contributed by atoms with Crippen LogP contribution in [0.15, 0.2) is 15.3 Å². The van der Waals surface area contributed by atoms with Gasteiger partial charge in [0.15, 0.2) is 5.75 Å². The van der Waals surface area contributed by atoms with Gasteiger partial charge in [0.05, 0.1) is 7.11 Å². The third-order valence-electron chi connectivity index (χ3n) is 2.73. The first-order valence-corrected chi connectivity index (χ1v) is 5.35. The van der Waals surface area contributed by atoms with Crippen LogP contribution in [0.1, 0.15) is 20.9 Å². The maximum atomic E-state index is 11.8. The van der Waals surface area contributed by atoms with Gasteiger partial charge < -0.3 is 29.6 Å². The molecular weight excluding hydrogens is 288 g/mol. The first-order chi connectivity index (χ1) is 9.79. The predicted molar refractivity (Wildman–Crippen MR) is 65.8 cm³/mol. The van der Waals surface area contributed by atoms with Crippen LogP contribution in [0, 0.1) is 0 Å². The molecule has 2 aromatic rings. The molecule has 1 aromatic heterocycles. The second kappa shape index (κ2) is 4.71. The van der Waals surface area contributed by atoms with E-state index in [1.165, 1.54) is 0 Å². The molecule has 0 fully saturated rings. The monoisotopic (exact) mass is 296 g/mol. The summed E-state index contributed by atoms with van der Waals surface area (Å²) < 4.78 is 8.81. The van der Waals surface area contributed by atoms with Crippen LogP contribution in [0.5, 0.6) is 17.2 Å². The van der Waals surface area contributed by atoms with Crippen molar-refractivity contribution in [3.05, 3.63) is 27.8 Å². The minimum Gasteiger partial charge on any atom is -0.507 e. The number of carbonyl (C=O) groups excluding carboxylic acids is 1. The molecule has 1 aromatic carbocycles. The van der Waals surface area contributed by atoms with Crippen LogP contribution < -0.4 is 5.63 Å². The summed E-state index contributed by atoms with van der Waals surface area (Å²) in [5.74, 6) is -6.55. The zero-order chi connectivity index (χ0) is 15.9. The van der Waals surface area contributed by atoms with Crippen molar-refractivity contribution in [1.29, 1.82) is 0 Å². The van der Waals surface area contributed by atoms with Crippen LogP contribution >= 0.6 is 0 Å². The quantitative estimate of drug-likeness (QED) is 0.576. The molecule has 0 aliphatic heterocycles. The van der Waals surface area contributed by atoms with Gasteiger partial charge >= 0.3 is 17.6 Å². The summed E-state index contributed by atoms with van der Waals surface area (Å²) in [4.78, 5) is 34.0. The van der Waals surface area contributed by atoms with E-state index in [0.29, 0.717) is 0 Å². The zero-order valence-corrected chi connectivity index (χ0v) is 10.4. The molecule has 0 saturated carbocycles. The highest BCUT2D eigenvalue weighted by molar-refractivity contribution is 6.06. The molecule has 0 atom stereocenters. The lowest BCUT2D eigenvalue weighted by Crippen LogP contribution is -2.10. The van der Waals surface area contributed by atoms with Gasteiger partial charge in [-0.3, -0.25) is 0 Å². The molecule has 110 valence electrons. The molecule has 0 spiro atoms. The molecule has 21 heavy (non-hydrogen) atoms. The Labute approximate surface area is 115 Å². The number of methoxy groups -OCH3 is 1. The lowest BCUT2D eigenvalue weighted by Gasteiger charge is -2.09. The van der Waals surface area contributed by atoms with Gasteiger partial charge in [-0.05, 0) is 6.07 Å². The number of aromatic carboxylic acids is 1. The molecule has 0 bridgehead atoms. The molecule has 9 heteroatoms. The highest BCUT2D eigenvalue weighted by atomic mass is 16.5. The third kappa shape index (κ3) is 2.00. The van der Waals surface area contributed by atoms with E-state index in [4.69, 9.17) is 5.11 Å². The molecule has 0 saturated heterocycles. The smallest absolute Gasteiger partial charge is 0.378 e. The topological polar surface area (TPSA) is 154 Å². The predicted octanol–water partition coefficient (Wildman–Crippen LogP) is 0.395. The number of carboxylic acid groups (broad SMARTS) is 1. The van der Waals surface area contributed by atoms with Crippen LogP contribution in [0.2, 0.25) is 0 Å².